The molecule has 2 unspecified atom stereocenters. The second-order valence-corrected chi connectivity index (χ2v) is 7.48. The Kier molecular flexibility index (Phi) is 8.65. The van der Waals surface area contributed by atoms with Crippen LogP contribution in [0.1, 0.15) is 32.6 Å². The van der Waals surface area contributed by atoms with Crippen LogP contribution in [0.25, 0.3) is 0 Å². The smallest absolute Gasteiger partial charge is 0.235 e. The fourth-order valence-electron chi connectivity index (χ4n) is 2.45. The molecule has 0 aromatic carbocycles. The molecular formula is C12H26ClN3O3S. The van der Waals surface area contributed by atoms with Crippen LogP contribution in [0.4, 0.5) is 0 Å². The van der Waals surface area contributed by atoms with Crippen molar-refractivity contribution < 1.29 is 13.2 Å². The van der Waals surface area contributed by atoms with Gasteiger partial charge in [0.1, 0.15) is 0 Å². The van der Waals surface area contributed by atoms with E-state index in [0.29, 0.717) is 12.5 Å². The van der Waals surface area contributed by atoms with Gasteiger partial charge in [0.05, 0.1) is 12.3 Å². The van der Waals surface area contributed by atoms with Gasteiger partial charge in [-0.25, -0.2) is 8.42 Å². The summed E-state index contributed by atoms with van der Waals surface area (Å²) in [6.07, 6.45) is 4.20. The van der Waals surface area contributed by atoms with Crippen LogP contribution in [-0.2, 0) is 14.8 Å². The van der Waals surface area contributed by atoms with Crippen LogP contribution in [0.5, 0.6) is 0 Å². The van der Waals surface area contributed by atoms with Gasteiger partial charge in [-0.1, -0.05) is 12.8 Å². The number of carbonyl (C=O) groups excluding carboxylic acids is 1. The quantitative estimate of drug-likeness (QED) is 0.735. The van der Waals surface area contributed by atoms with Gasteiger partial charge in [-0.2, -0.15) is 4.31 Å². The Hall–Kier alpha value is -0.370. The lowest BCUT2D eigenvalue weighted by molar-refractivity contribution is -0.122. The summed E-state index contributed by atoms with van der Waals surface area (Å²) in [6, 6.07) is 0.0870. The predicted molar refractivity (Wildman–Crippen MR) is 82.3 cm³/mol. The highest BCUT2D eigenvalue weighted by atomic mass is 35.5. The number of likely N-dealkylation sites (N-methyl/N-ethyl adjacent to an activating group) is 1. The van der Waals surface area contributed by atoms with E-state index in [-0.39, 0.29) is 36.7 Å². The number of nitrogens with zero attached hydrogens (tertiary/aromatic N) is 1. The summed E-state index contributed by atoms with van der Waals surface area (Å²) in [4.78, 5) is 11.9. The summed E-state index contributed by atoms with van der Waals surface area (Å²) < 4.78 is 24.2. The third kappa shape index (κ3) is 5.55. The van der Waals surface area contributed by atoms with E-state index in [1.54, 1.807) is 6.92 Å². The Morgan fingerprint density at radius 3 is 2.50 bits per heavy atom. The summed E-state index contributed by atoms with van der Waals surface area (Å²) in [5.41, 5.74) is 5.70. The lowest BCUT2D eigenvalue weighted by atomic mass is 9.84. The number of amides is 1. The van der Waals surface area contributed by atoms with Gasteiger partial charge in [0.2, 0.25) is 15.9 Å². The molecule has 1 aliphatic rings. The van der Waals surface area contributed by atoms with Crippen LogP contribution in [-0.4, -0.2) is 50.6 Å². The van der Waals surface area contributed by atoms with Crippen molar-refractivity contribution in [3.63, 3.8) is 0 Å². The highest BCUT2D eigenvalue weighted by molar-refractivity contribution is 7.89. The first kappa shape index (κ1) is 19.6. The molecule has 1 fully saturated rings. The molecule has 0 aliphatic heterocycles. The van der Waals surface area contributed by atoms with E-state index in [4.69, 9.17) is 5.73 Å². The van der Waals surface area contributed by atoms with Crippen LogP contribution in [0.3, 0.4) is 0 Å². The van der Waals surface area contributed by atoms with Gasteiger partial charge in [-0.3, -0.25) is 4.79 Å². The molecule has 0 aromatic rings. The van der Waals surface area contributed by atoms with Gasteiger partial charge >= 0.3 is 0 Å². The maximum atomic E-state index is 11.9. The molecule has 0 radical (unpaired) electrons. The van der Waals surface area contributed by atoms with Crippen molar-refractivity contribution in [2.45, 2.75) is 38.6 Å². The van der Waals surface area contributed by atoms with Crippen molar-refractivity contribution in [2.24, 2.45) is 11.7 Å². The molecule has 6 nitrogen and oxygen atoms in total. The van der Waals surface area contributed by atoms with Crippen LogP contribution < -0.4 is 11.1 Å². The number of hydrogen-bond donors (Lipinski definition) is 2. The van der Waals surface area contributed by atoms with Gasteiger partial charge in [0, 0.05) is 13.1 Å². The Labute approximate surface area is 127 Å². The topological polar surface area (TPSA) is 92.5 Å². The Bertz CT molecular complexity index is 403. The largest absolute Gasteiger partial charge is 0.352 e. The van der Waals surface area contributed by atoms with Crippen LogP contribution in [0.15, 0.2) is 0 Å². The Balaban J connectivity index is 0.00000361. The second-order valence-electron chi connectivity index (χ2n) is 5.11. The van der Waals surface area contributed by atoms with Gasteiger partial charge in [-0.15, -0.1) is 12.4 Å². The van der Waals surface area contributed by atoms with E-state index < -0.39 is 10.0 Å². The first-order valence-corrected chi connectivity index (χ1v) is 8.45. The molecule has 8 heteroatoms. The molecule has 0 aromatic heterocycles. The summed E-state index contributed by atoms with van der Waals surface area (Å²) in [5, 5.41) is 2.92. The SMILES string of the molecule is CCS(=O)(=O)N(C)CC(=O)NC1CCCCC1CN.Cl. The number of nitrogens with two attached hydrogens (primary N) is 1. The first-order valence-electron chi connectivity index (χ1n) is 6.84. The lowest BCUT2D eigenvalue weighted by Gasteiger charge is -2.31. The standard InChI is InChI=1S/C12H25N3O3S.ClH/c1-3-19(17,18)15(2)9-12(16)14-11-7-5-4-6-10(11)8-13;/h10-11H,3-9,13H2,1-2H3,(H,14,16);1H. The molecule has 1 saturated carbocycles. The molecule has 1 aliphatic carbocycles. The van der Waals surface area contributed by atoms with E-state index >= 15 is 0 Å². The molecule has 3 N–H and O–H groups in total. The lowest BCUT2D eigenvalue weighted by Crippen LogP contribution is -2.48. The third-order valence-corrected chi connectivity index (χ3v) is 5.57. The molecule has 0 saturated heterocycles. The van der Waals surface area contributed by atoms with Gasteiger partial charge in [-0.05, 0) is 32.2 Å². The number of rotatable bonds is 6. The summed E-state index contributed by atoms with van der Waals surface area (Å²) in [7, 11) is -1.88. The van der Waals surface area contributed by atoms with E-state index in [1.807, 2.05) is 0 Å². The van der Waals surface area contributed by atoms with Gasteiger partial charge in [0.15, 0.2) is 0 Å². The van der Waals surface area contributed by atoms with Crippen molar-refractivity contribution in [1.82, 2.24) is 9.62 Å². The minimum absolute atomic E-state index is 0. The highest BCUT2D eigenvalue weighted by Gasteiger charge is 2.26. The predicted octanol–water partition coefficient (Wildman–Crippen LogP) is 0.323. The molecule has 1 rings (SSSR count). The molecule has 0 bridgehead atoms. The summed E-state index contributed by atoms with van der Waals surface area (Å²) in [5.74, 6) is 0.0710. The Morgan fingerprint density at radius 2 is 1.95 bits per heavy atom. The average Bonchev–Trinajstić information content (AvgIpc) is 2.39. The molecule has 1 amide bonds. The number of sulfonamides is 1. The monoisotopic (exact) mass is 327 g/mol. The molecule has 2 atom stereocenters. The maximum absolute atomic E-state index is 11.9. The first-order chi connectivity index (χ1) is 8.90. The number of halogens is 1. The normalized spacial score (nSPS) is 23.2. The van der Waals surface area contributed by atoms with E-state index in [1.165, 1.54) is 7.05 Å². The van der Waals surface area contributed by atoms with Crippen molar-refractivity contribution in [3.8, 4) is 0 Å². The van der Waals surface area contributed by atoms with E-state index in [0.717, 1.165) is 30.0 Å². The molecular weight excluding hydrogens is 302 g/mol. The minimum Gasteiger partial charge on any atom is -0.352 e. The fraction of sp³-hybridized carbons (Fsp3) is 0.917. The minimum atomic E-state index is -3.31. The number of nitrogens with one attached hydrogen (secondary N) is 1. The molecule has 0 spiro atoms. The number of hydrogen-bond acceptors (Lipinski definition) is 4. The van der Waals surface area contributed by atoms with Crippen molar-refractivity contribution in [2.75, 3.05) is 25.9 Å². The fourth-order valence-corrected chi connectivity index (χ4v) is 3.21. The molecule has 0 heterocycles. The van der Waals surface area contributed by atoms with E-state index in [2.05, 4.69) is 5.32 Å². The van der Waals surface area contributed by atoms with Crippen LogP contribution >= 0.6 is 12.4 Å². The van der Waals surface area contributed by atoms with Crippen molar-refractivity contribution in [1.29, 1.82) is 0 Å². The van der Waals surface area contributed by atoms with Crippen LogP contribution in [0.2, 0.25) is 0 Å². The van der Waals surface area contributed by atoms with Crippen molar-refractivity contribution in [3.05, 3.63) is 0 Å². The number of carbonyl (C=O) groups is 1. The summed E-state index contributed by atoms with van der Waals surface area (Å²) in [6.45, 7) is 2.01. The molecule has 20 heavy (non-hydrogen) atoms. The van der Waals surface area contributed by atoms with Crippen molar-refractivity contribution >= 4 is 28.3 Å². The second kappa shape index (κ2) is 8.81. The zero-order chi connectivity index (χ0) is 14.5. The van der Waals surface area contributed by atoms with E-state index in [9.17, 15) is 13.2 Å². The van der Waals surface area contributed by atoms with Gasteiger partial charge in [0.25, 0.3) is 0 Å². The zero-order valence-electron chi connectivity index (χ0n) is 12.2. The van der Waals surface area contributed by atoms with Crippen LogP contribution in [0, 0.1) is 5.92 Å². The average molecular weight is 328 g/mol. The summed E-state index contributed by atoms with van der Waals surface area (Å²) >= 11 is 0. The Morgan fingerprint density at radius 1 is 1.35 bits per heavy atom. The third-order valence-electron chi connectivity index (χ3n) is 3.76. The molecule has 120 valence electrons. The zero-order valence-corrected chi connectivity index (χ0v) is 13.8. The highest BCUT2D eigenvalue weighted by Crippen LogP contribution is 2.23. The van der Waals surface area contributed by atoms with Gasteiger partial charge < -0.3 is 11.1 Å². The maximum Gasteiger partial charge on any atom is 0.235 e.